The zero-order valence-corrected chi connectivity index (χ0v) is 18.5. The van der Waals surface area contributed by atoms with Crippen molar-refractivity contribution in [3.05, 3.63) is 100 Å². The molecule has 0 aliphatic rings. The molecule has 162 valence electrons. The zero-order chi connectivity index (χ0) is 22.9. The van der Waals surface area contributed by atoms with E-state index in [1.807, 2.05) is 38.1 Å². The summed E-state index contributed by atoms with van der Waals surface area (Å²) < 4.78 is 28.0. The van der Waals surface area contributed by atoms with Gasteiger partial charge in [0.15, 0.2) is 0 Å². The normalized spacial score (nSPS) is 11.4. The fourth-order valence-electron chi connectivity index (χ4n) is 3.61. The third kappa shape index (κ3) is 4.20. The largest absolute Gasteiger partial charge is 0.336 e. The average Bonchev–Trinajstić information content (AvgIpc) is 2.76. The number of anilines is 1. The van der Waals surface area contributed by atoms with E-state index in [-0.39, 0.29) is 27.6 Å². The summed E-state index contributed by atoms with van der Waals surface area (Å²) in [4.78, 5) is 25.6. The van der Waals surface area contributed by atoms with E-state index in [9.17, 15) is 18.0 Å². The summed E-state index contributed by atoms with van der Waals surface area (Å²) in [5.74, 6) is -0.329. The number of nitrogens with zero attached hydrogens (tertiary/aromatic N) is 1. The Balaban J connectivity index is 1.83. The Morgan fingerprint density at radius 3 is 2.34 bits per heavy atom. The molecule has 3 aromatic carbocycles. The lowest BCUT2D eigenvalue weighted by atomic mass is 10.1. The second-order valence-electron chi connectivity index (χ2n) is 7.71. The maximum absolute atomic E-state index is 13.2. The summed E-state index contributed by atoms with van der Waals surface area (Å²) in [5.41, 5.74) is 2.38. The van der Waals surface area contributed by atoms with Crippen molar-refractivity contribution in [2.45, 2.75) is 30.2 Å². The number of benzene rings is 3. The van der Waals surface area contributed by atoms with Gasteiger partial charge in [-0.05, 0) is 55.8 Å². The molecule has 0 atom stereocenters. The highest BCUT2D eigenvalue weighted by Gasteiger charge is 2.24. The number of sulfone groups is 1. The van der Waals surface area contributed by atoms with Crippen LogP contribution in [-0.4, -0.2) is 18.9 Å². The Hall–Kier alpha value is -3.71. The Bertz CT molecular complexity index is 1490. The van der Waals surface area contributed by atoms with Crippen LogP contribution < -0.4 is 10.7 Å². The van der Waals surface area contributed by atoms with Gasteiger partial charge in [-0.15, -0.1) is 0 Å². The van der Waals surface area contributed by atoms with Crippen LogP contribution in [-0.2, 0) is 21.2 Å². The predicted octanol–water partition coefficient (Wildman–Crippen LogP) is 4.09. The molecule has 1 heterocycles. The smallest absolute Gasteiger partial charge is 0.244 e. The molecule has 0 fully saturated rings. The van der Waals surface area contributed by atoms with Gasteiger partial charge in [0.1, 0.15) is 11.4 Å². The summed E-state index contributed by atoms with van der Waals surface area (Å²) >= 11 is 0. The molecule has 4 aromatic rings. The molecule has 0 saturated heterocycles. The molecular formula is C25H22N2O4S. The number of fused-ring (bicyclic) bond motifs is 1. The number of amides is 1. The number of carbonyl (C=O) groups is 1. The second kappa shape index (κ2) is 8.43. The molecule has 32 heavy (non-hydrogen) atoms. The van der Waals surface area contributed by atoms with E-state index in [0.29, 0.717) is 11.2 Å². The number of pyridine rings is 1. The van der Waals surface area contributed by atoms with Gasteiger partial charge in [0.25, 0.3) is 0 Å². The molecule has 0 radical (unpaired) electrons. The van der Waals surface area contributed by atoms with Gasteiger partial charge in [-0.3, -0.25) is 9.59 Å². The fraction of sp³-hybridized carbons (Fsp3) is 0.120. The van der Waals surface area contributed by atoms with E-state index >= 15 is 0 Å². The molecule has 6 nitrogen and oxygen atoms in total. The van der Waals surface area contributed by atoms with E-state index in [2.05, 4.69) is 5.32 Å². The van der Waals surface area contributed by atoms with Crippen LogP contribution in [0.3, 0.4) is 0 Å². The maximum Gasteiger partial charge on any atom is 0.244 e. The van der Waals surface area contributed by atoms with E-state index in [1.54, 1.807) is 36.4 Å². The SMILES string of the molecule is Cc1cccc(NC(=O)Cn2cc(S(=O)(=O)c3ccccc3)c(=O)c3cc(C)ccc32)c1. The van der Waals surface area contributed by atoms with Crippen LogP contribution in [0.25, 0.3) is 10.9 Å². The molecule has 0 unspecified atom stereocenters. The lowest BCUT2D eigenvalue weighted by Gasteiger charge is -2.15. The Morgan fingerprint density at radius 1 is 0.906 bits per heavy atom. The van der Waals surface area contributed by atoms with Crippen molar-refractivity contribution in [1.82, 2.24) is 4.57 Å². The van der Waals surface area contributed by atoms with Crippen LogP contribution >= 0.6 is 0 Å². The average molecular weight is 447 g/mol. The van der Waals surface area contributed by atoms with Crippen LogP contribution in [0.4, 0.5) is 5.69 Å². The van der Waals surface area contributed by atoms with Crippen molar-refractivity contribution in [3.8, 4) is 0 Å². The maximum atomic E-state index is 13.2. The minimum Gasteiger partial charge on any atom is -0.336 e. The molecule has 4 rings (SSSR count). The van der Waals surface area contributed by atoms with Gasteiger partial charge in [-0.25, -0.2) is 8.42 Å². The lowest BCUT2D eigenvalue weighted by molar-refractivity contribution is -0.116. The van der Waals surface area contributed by atoms with Gasteiger partial charge in [0.2, 0.25) is 21.2 Å². The van der Waals surface area contributed by atoms with Gasteiger partial charge in [-0.1, -0.05) is 42.0 Å². The summed E-state index contributed by atoms with van der Waals surface area (Å²) in [7, 11) is -4.06. The molecule has 7 heteroatoms. The molecule has 1 amide bonds. The predicted molar refractivity (Wildman–Crippen MR) is 125 cm³/mol. The molecule has 1 N–H and O–H groups in total. The lowest BCUT2D eigenvalue weighted by Crippen LogP contribution is -2.24. The number of rotatable bonds is 5. The van der Waals surface area contributed by atoms with Gasteiger partial charge in [-0.2, -0.15) is 0 Å². The minimum absolute atomic E-state index is 0.0277. The number of aromatic nitrogens is 1. The van der Waals surface area contributed by atoms with Gasteiger partial charge in [0.05, 0.1) is 10.4 Å². The minimum atomic E-state index is -4.06. The van der Waals surface area contributed by atoms with Crippen LogP contribution in [0.2, 0.25) is 0 Å². The second-order valence-corrected chi connectivity index (χ2v) is 9.62. The van der Waals surface area contributed by atoms with Gasteiger partial charge in [0, 0.05) is 17.3 Å². The van der Waals surface area contributed by atoms with Gasteiger partial charge >= 0.3 is 0 Å². The van der Waals surface area contributed by atoms with E-state index in [1.165, 1.54) is 22.9 Å². The van der Waals surface area contributed by atoms with E-state index < -0.39 is 15.3 Å². The Kier molecular flexibility index (Phi) is 5.67. The summed E-state index contributed by atoms with van der Waals surface area (Å²) in [5, 5.41) is 3.08. The van der Waals surface area contributed by atoms with Crippen molar-refractivity contribution < 1.29 is 13.2 Å². The Morgan fingerprint density at radius 2 is 1.62 bits per heavy atom. The van der Waals surface area contributed by atoms with Crippen molar-refractivity contribution in [1.29, 1.82) is 0 Å². The summed E-state index contributed by atoms with van der Waals surface area (Å²) in [6, 6.07) is 20.4. The highest BCUT2D eigenvalue weighted by Crippen LogP contribution is 2.22. The quantitative estimate of drug-likeness (QED) is 0.500. The molecule has 0 bridgehead atoms. The fourth-order valence-corrected chi connectivity index (χ4v) is 5.00. The molecule has 0 aliphatic carbocycles. The standard InChI is InChI=1S/C25H22N2O4S/c1-17-7-6-8-19(13-17)26-24(28)16-27-15-23(32(30,31)20-9-4-3-5-10-20)25(29)21-14-18(2)11-12-22(21)27/h3-15H,16H2,1-2H3,(H,26,28). The third-order valence-corrected chi connectivity index (χ3v) is 6.92. The highest BCUT2D eigenvalue weighted by molar-refractivity contribution is 7.91. The monoisotopic (exact) mass is 446 g/mol. The van der Waals surface area contributed by atoms with Gasteiger partial charge < -0.3 is 9.88 Å². The highest BCUT2D eigenvalue weighted by atomic mass is 32.2. The number of hydrogen-bond acceptors (Lipinski definition) is 4. The van der Waals surface area contributed by atoms with Crippen LogP contribution in [0.15, 0.2) is 93.6 Å². The summed E-state index contributed by atoms with van der Waals surface area (Å²) in [6.45, 7) is 3.60. The third-order valence-electron chi connectivity index (χ3n) is 5.16. The molecule has 0 aliphatic heterocycles. The first-order valence-electron chi connectivity index (χ1n) is 10.1. The number of carbonyl (C=O) groups excluding carboxylic acids is 1. The first kappa shape index (κ1) is 21.5. The van der Waals surface area contributed by atoms with E-state index in [4.69, 9.17) is 0 Å². The van der Waals surface area contributed by atoms with Crippen molar-refractivity contribution in [3.63, 3.8) is 0 Å². The molecule has 0 spiro atoms. The van der Waals surface area contributed by atoms with Crippen LogP contribution in [0, 0.1) is 13.8 Å². The van der Waals surface area contributed by atoms with Crippen molar-refractivity contribution in [2.24, 2.45) is 0 Å². The number of hydrogen-bond donors (Lipinski definition) is 1. The van der Waals surface area contributed by atoms with Crippen molar-refractivity contribution in [2.75, 3.05) is 5.32 Å². The summed E-state index contributed by atoms with van der Waals surface area (Å²) in [6.07, 6.45) is 1.26. The number of nitrogens with one attached hydrogen (secondary N) is 1. The Labute approximate surface area is 186 Å². The first-order chi connectivity index (χ1) is 15.3. The van der Waals surface area contributed by atoms with Crippen molar-refractivity contribution >= 4 is 32.3 Å². The topological polar surface area (TPSA) is 85.2 Å². The van der Waals surface area contributed by atoms with Crippen LogP contribution in [0.5, 0.6) is 0 Å². The number of aryl methyl sites for hydroxylation is 2. The zero-order valence-electron chi connectivity index (χ0n) is 17.7. The van der Waals surface area contributed by atoms with Crippen LogP contribution in [0.1, 0.15) is 11.1 Å². The molecule has 1 aromatic heterocycles. The first-order valence-corrected chi connectivity index (χ1v) is 11.5. The molecule has 0 saturated carbocycles. The molecular weight excluding hydrogens is 424 g/mol. The van der Waals surface area contributed by atoms with E-state index in [0.717, 1.165) is 11.1 Å².